The Labute approximate surface area is 138 Å². The third-order valence-corrected chi connectivity index (χ3v) is 3.23. The monoisotopic (exact) mass is 314 g/mol. The van der Waals surface area contributed by atoms with Crippen LogP contribution in [0.15, 0.2) is 29.4 Å². The molecule has 6 nitrogen and oxygen atoms in total. The summed E-state index contributed by atoms with van der Waals surface area (Å²) >= 11 is 0. The minimum Gasteiger partial charge on any atom is -0.357 e. The van der Waals surface area contributed by atoms with Gasteiger partial charge in [0.25, 0.3) is 0 Å². The SMILES string of the molecule is CCNC(=NCc1ccc(-n2nc(C)cc2C)nc1)NC(C)C. The molecule has 124 valence electrons. The molecule has 0 radical (unpaired) electrons. The van der Waals surface area contributed by atoms with Crippen LogP contribution in [0, 0.1) is 13.8 Å². The van der Waals surface area contributed by atoms with Gasteiger partial charge in [-0.3, -0.25) is 0 Å². The van der Waals surface area contributed by atoms with Gasteiger partial charge in [0.2, 0.25) is 0 Å². The lowest BCUT2D eigenvalue weighted by Crippen LogP contribution is -2.41. The molecule has 2 heterocycles. The van der Waals surface area contributed by atoms with E-state index >= 15 is 0 Å². The van der Waals surface area contributed by atoms with Gasteiger partial charge < -0.3 is 10.6 Å². The summed E-state index contributed by atoms with van der Waals surface area (Å²) in [5.41, 5.74) is 3.14. The van der Waals surface area contributed by atoms with E-state index in [9.17, 15) is 0 Å². The van der Waals surface area contributed by atoms with Crippen LogP contribution in [0.3, 0.4) is 0 Å². The first-order chi connectivity index (χ1) is 11.0. The predicted molar refractivity (Wildman–Crippen MR) is 93.9 cm³/mol. The first kappa shape index (κ1) is 17.0. The molecular formula is C17H26N6. The average Bonchev–Trinajstić information content (AvgIpc) is 2.84. The summed E-state index contributed by atoms with van der Waals surface area (Å²) in [6, 6.07) is 6.41. The average molecular weight is 314 g/mol. The number of aliphatic imine (C=N–C) groups is 1. The molecule has 0 atom stereocenters. The Balaban J connectivity index is 2.08. The molecule has 0 spiro atoms. The van der Waals surface area contributed by atoms with E-state index in [1.807, 2.05) is 42.9 Å². The second-order valence-corrected chi connectivity index (χ2v) is 5.86. The van der Waals surface area contributed by atoms with Crippen LogP contribution in [0.1, 0.15) is 37.7 Å². The fourth-order valence-corrected chi connectivity index (χ4v) is 2.26. The van der Waals surface area contributed by atoms with Crippen molar-refractivity contribution in [2.45, 2.75) is 47.2 Å². The van der Waals surface area contributed by atoms with E-state index < -0.39 is 0 Å². The first-order valence-corrected chi connectivity index (χ1v) is 8.03. The Kier molecular flexibility index (Phi) is 5.73. The van der Waals surface area contributed by atoms with Gasteiger partial charge in [0.05, 0.1) is 12.2 Å². The molecule has 0 aromatic carbocycles. The zero-order valence-electron chi connectivity index (χ0n) is 14.6. The summed E-state index contributed by atoms with van der Waals surface area (Å²) in [5.74, 6) is 1.65. The Morgan fingerprint density at radius 1 is 1.30 bits per heavy atom. The summed E-state index contributed by atoms with van der Waals surface area (Å²) in [6.07, 6.45) is 1.86. The number of aromatic nitrogens is 3. The van der Waals surface area contributed by atoms with Crippen LogP contribution >= 0.6 is 0 Å². The summed E-state index contributed by atoms with van der Waals surface area (Å²) in [7, 11) is 0. The van der Waals surface area contributed by atoms with Gasteiger partial charge in [-0.25, -0.2) is 14.7 Å². The summed E-state index contributed by atoms with van der Waals surface area (Å²) in [4.78, 5) is 9.08. The van der Waals surface area contributed by atoms with Gasteiger partial charge in [0, 0.05) is 24.5 Å². The lowest BCUT2D eigenvalue weighted by Gasteiger charge is -2.13. The van der Waals surface area contributed by atoms with E-state index in [2.05, 4.69) is 46.5 Å². The maximum atomic E-state index is 4.58. The van der Waals surface area contributed by atoms with Gasteiger partial charge in [-0.2, -0.15) is 5.10 Å². The van der Waals surface area contributed by atoms with Crippen molar-refractivity contribution < 1.29 is 0 Å². The molecule has 2 N–H and O–H groups in total. The largest absolute Gasteiger partial charge is 0.357 e. The highest BCUT2D eigenvalue weighted by Gasteiger charge is 2.05. The van der Waals surface area contributed by atoms with Gasteiger partial charge in [-0.1, -0.05) is 6.07 Å². The van der Waals surface area contributed by atoms with Crippen LogP contribution in [0.4, 0.5) is 0 Å². The van der Waals surface area contributed by atoms with Gasteiger partial charge >= 0.3 is 0 Å². The quantitative estimate of drug-likeness (QED) is 0.657. The Morgan fingerprint density at radius 2 is 2.09 bits per heavy atom. The van der Waals surface area contributed by atoms with E-state index in [4.69, 9.17) is 0 Å². The van der Waals surface area contributed by atoms with Crippen molar-refractivity contribution in [2.75, 3.05) is 6.54 Å². The van der Waals surface area contributed by atoms with E-state index in [0.29, 0.717) is 12.6 Å². The molecule has 2 aromatic rings. The zero-order valence-corrected chi connectivity index (χ0v) is 14.6. The van der Waals surface area contributed by atoms with Crippen LogP contribution in [0.25, 0.3) is 5.82 Å². The molecule has 0 fully saturated rings. The van der Waals surface area contributed by atoms with Crippen LogP contribution < -0.4 is 10.6 Å². The maximum absolute atomic E-state index is 4.58. The Bertz CT molecular complexity index is 654. The smallest absolute Gasteiger partial charge is 0.191 e. The first-order valence-electron chi connectivity index (χ1n) is 8.03. The Hall–Kier alpha value is -2.37. The molecule has 0 saturated heterocycles. The lowest BCUT2D eigenvalue weighted by atomic mass is 10.3. The highest BCUT2D eigenvalue weighted by atomic mass is 15.3. The number of guanidine groups is 1. The van der Waals surface area contributed by atoms with Gasteiger partial charge in [-0.15, -0.1) is 0 Å². The molecule has 23 heavy (non-hydrogen) atoms. The predicted octanol–water partition coefficient (Wildman–Crippen LogP) is 2.35. The van der Waals surface area contributed by atoms with E-state index in [1.165, 1.54) is 0 Å². The van der Waals surface area contributed by atoms with Crippen molar-refractivity contribution in [2.24, 2.45) is 4.99 Å². The third kappa shape index (κ3) is 4.81. The van der Waals surface area contributed by atoms with Crippen molar-refractivity contribution >= 4 is 5.96 Å². The number of hydrogen-bond donors (Lipinski definition) is 2. The van der Waals surface area contributed by atoms with Gasteiger partial charge in [0.15, 0.2) is 11.8 Å². The second kappa shape index (κ2) is 7.76. The molecule has 2 aromatic heterocycles. The molecule has 6 heteroatoms. The van der Waals surface area contributed by atoms with Gasteiger partial charge in [-0.05, 0) is 52.3 Å². The minimum atomic E-state index is 0.347. The molecule has 0 aliphatic rings. The van der Waals surface area contributed by atoms with E-state index in [0.717, 1.165) is 35.3 Å². The fraction of sp³-hybridized carbons (Fsp3) is 0.471. The highest BCUT2D eigenvalue weighted by molar-refractivity contribution is 5.79. The molecular weight excluding hydrogens is 288 g/mol. The van der Waals surface area contributed by atoms with Crippen LogP contribution in [0.2, 0.25) is 0 Å². The third-order valence-electron chi connectivity index (χ3n) is 3.23. The van der Waals surface area contributed by atoms with Gasteiger partial charge in [0.1, 0.15) is 0 Å². The van der Waals surface area contributed by atoms with E-state index in [-0.39, 0.29) is 0 Å². The van der Waals surface area contributed by atoms with Crippen molar-refractivity contribution in [3.8, 4) is 5.82 Å². The Morgan fingerprint density at radius 3 is 2.61 bits per heavy atom. The number of rotatable bonds is 5. The topological polar surface area (TPSA) is 67.1 Å². The molecule has 0 amide bonds. The standard InChI is InChI=1S/C17H26N6/c1-6-18-17(21-12(2)3)20-11-15-7-8-16(19-10-15)23-14(5)9-13(4)22-23/h7-10,12H,6,11H2,1-5H3,(H2,18,20,21). The fourth-order valence-electron chi connectivity index (χ4n) is 2.26. The van der Waals surface area contributed by atoms with Crippen molar-refractivity contribution in [1.82, 2.24) is 25.4 Å². The molecule has 2 rings (SSSR count). The molecule has 0 unspecified atom stereocenters. The van der Waals surface area contributed by atoms with Crippen LogP contribution in [-0.4, -0.2) is 33.3 Å². The second-order valence-electron chi connectivity index (χ2n) is 5.86. The number of pyridine rings is 1. The van der Waals surface area contributed by atoms with Crippen molar-refractivity contribution in [3.63, 3.8) is 0 Å². The van der Waals surface area contributed by atoms with Crippen molar-refractivity contribution in [1.29, 1.82) is 0 Å². The number of hydrogen-bond acceptors (Lipinski definition) is 3. The minimum absolute atomic E-state index is 0.347. The van der Waals surface area contributed by atoms with Crippen LogP contribution in [-0.2, 0) is 6.54 Å². The summed E-state index contributed by atoms with van der Waals surface area (Å²) < 4.78 is 1.85. The molecule has 0 saturated carbocycles. The number of nitrogens with one attached hydrogen (secondary N) is 2. The normalized spacial score (nSPS) is 11.8. The molecule has 0 aliphatic carbocycles. The summed E-state index contributed by atoms with van der Waals surface area (Å²) in [5, 5.41) is 11.0. The summed E-state index contributed by atoms with van der Waals surface area (Å²) in [6.45, 7) is 11.7. The number of nitrogens with zero attached hydrogens (tertiary/aromatic N) is 4. The number of aryl methyl sites for hydroxylation is 2. The zero-order chi connectivity index (χ0) is 16.8. The lowest BCUT2D eigenvalue weighted by molar-refractivity contribution is 0.700. The highest BCUT2D eigenvalue weighted by Crippen LogP contribution is 2.10. The molecule has 0 aliphatic heterocycles. The van der Waals surface area contributed by atoms with Crippen LogP contribution in [0.5, 0.6) is 0 Å². The maximum Gasteiger partial charge on any atom is 0.191 e. The molecule has 0 bridgehead atoms. The van der Waals surface area contributed by atoms with E-state index in [1.54, 1.807) is 0 Å². The van der Waals surface area contributed by atoms with Crippen molar-refractivity contribution in [3.05, 3.63) is 41.3 Å².